The van der Waals surface area contributed by atoms with E-state index in [-0.39, 0.29) is 11.6 Å². The minimum absolute atomic E-state index is 0.0924. The van der Waals surface area contributed by atoms with Crippen molar-refractivity contribution in [3.05, 3.63) is 80.8 Å². The Labute approximate surface area is 133 Å². The Morgan fingerprint density at radius 3 is 1.45 bits per heavy atom. The molecule has 1 aliphatic rings. The van der Waals surface area contributed by atoms with E-state index in [9.17, 15) is 9.59 Å². The van der Waals surface area contributed by atoms with Crippen LogP contribution in [-0.2, 0) is 0 Å². The highest BCUT2D eigenvalue weighted by molar-refractivity contribution is 9.11. The van der Waals surface area contributed by atoms with Crippen molar-refractivity contribution in [2.75, 3.05) is 0 Å². The zero-order chi connectivity index (χ0) is 14.5. The number of carbonyl (C=O) groups is 2. The third-order valence-electron chi connectivity index (χ3n) is 2.63. The lowest BCUT2D eigenvalue weighted by Gasteiger charge is -2.06. The quantitative estimate of drug-likeness (QED) is 0.642. The molecule has 100 valence electrons. The van der Waals surface area contributed by atoms with Crippen molar-refractivity contribution in [2.45, 2.75) is 0 Å². The minimum atomic E-state index is -0.0924. The molecule has 20 heavy (non-hydrogen) atoms. The van der Waals surface area contributed by atoms with E-state index in [1.54, 1.807) is 24.3 Å². The number of halogens is 2. The molecule has 0 saturated heterocycles. The van der Waals surface area contributed by atoms with Crippen molar-refractivity contribution in [2.24, 2.45) is 0 Å². The van der Waals surface area contributed by atoms with Crippen molar-refractivity contribution >= 4 is 43.4 Å². The van der Waals surface area contributed by atoms with Crippen molar-refractivity contribution in [3.63, 3.8) is 0 Å². The van der Waals surface area contributed by atoms with E-state index in [1.165, 1.54) is 12.2 Å². The highest BCUT2D eigenvalue weighted by Gasteiger charge is 2.16. The Balaban J connectivity index is 0.000000160. The third-order valence-corrected chi connectivity index (χ3v) is 3.62. The summed E-state index contributed by atoms with van der Waals surface area (Å²) in [4.78, 5) is 22.4. The summed E-state index contributed by atoms with van der Waals surface area (Å²) in [6.07, 6.45) is 2.62. The predicted molar refractivity (Wildman–Crippen MR) is 86.1 cm³/mol. The van der Waals surface area contributed by atoms with Gasteiger partial charge in [-0.05, 0) is 30.4 Å². The summed E-state index contributed by atoms with van der Waals surface area (Å²) in [6.45, 7) is 0. The van der Waals surface area contributed by atoms with Crippen molar-refractivity contribution in [1.29, 1.82) is 0 Å². The van der Waals surface area contributed by atoms with E-state index >= 15 is 0 Å². The van der Waals surface area contributed by atoms with Gasteiger partial charge in [-0.3, -0.25) is 9.59 Å². The number of allylic oxidation sites excluding steroid dienone is 2. The number of hydrogen-bond acceptors (Lipinski definition) is 2. The van der Waals surface area contributed by atoms with E-state index in [1.807, 2.05) is 24.3 Å². The topological polar surface area (TPSA) is 34.1 Å². The Morgan fingerprint density at radius 1 is 0.650 bits per heavy atom. The molecular formula is C16H10Br2O2. The molecular weight excluding hydrogens is 384 g/mol. The van der Waals surface area contributed by atoms with Crippen LogP contribution in [0.5, 0.6) is 0 Å². The second-order valence-electron chi connectivity index (χ2n) is 4.05. The Morgan fingerprint density at radius 2 is 1.10 bits per heavy atom. The summed E-state index contributed by atoms with van der Waals surface area (Å²) < 4.78 is 2.21. The summed E-state index contributed by atoms with van der Waals surface area (Å²) in [5.74, 6) is -0.185. The number of carbonyl (C=O) groups excluding carboxylic acids is 2. The second-order valence-corrected chi connectivity index (χ2v) is 5.88. The highest BCUT2D eigenvalue weighted by atomic mass is 79.9. The fourth-order valence-corrected chi connectivity index (χ4v) is 2.81. The second kappa shape index (κ2) is 6.77. The van der Waals surface area contributed by atoms with Gasteiger partial charge in [-0.15, -0.1) is 0 Å². The average Bonchev–Trinajstić information content (AvgIpc) is 2.44. The Kier molecular flexibility index (Phi) is 5.04. The van der Waals surface area contributed by atoms with Gasteiger partial charge in [0, 0.05) is 20.1 Å². The lowest BCUT2D eigenvalue weighted by molar-refractivity contribution is 0.0994. The summed E-state index contributed by atoms with van der Waals surface area (Å²) in [5, 5.41) is 0. The molecule has 0 aliphatic heterocycles. The number of hydrogen-bond donors (Lipinski definition) is 0. The van der Waals surface area contributed by atoms with Gasteiger partial charge < -0.3 is 0 Å². The van der Waals surface area contributed by atoms with Gasteiger partial charge in [-0.2, -0.15) is 0 Å². The number of ketones is 2. The molecule has 0 unspecified atom stereocenters. The van der Waals surface area contributed by atoms with Crippen molar-refractivity contribution < 1.29 is 9.59 Å². The Hall–Kier alpha value is -1.52. The first-order valence-electron chi connectivity index (χ1n) is 5.85. The molecule has 0 amide bonds. The van der Waals surface area contributed by atoms with Crippen LogP contribution in [0.1, 0.15) is 20.7 Å². The van der Waals surface area contributed by atoms with E-state index in [4.69, 9.17) is 0 Å². The van der Waals surface area contributed by atoms with Crippen LogP contribution in [0.4, 0.5) is 0 Å². The third kappa shape index (κ3) is 3.74. The molecule has 2 aromatic carbocycles. The lowest BCUT2D eigenvalue weighted by Crippen LogP contribution is -2.10. The normalized spacial score (nSPS) is 12.5. The first-order valence-corrected chi connectivity index (χ1v) is 7.43. The number of fused-ring (bicyclic) bond motifs is 1. The van der Waals surface area contributed by atoms with Gasteiger partial charge in [0.2, 0.25) is 0 Å². The van der Waals surface area contributed by atoms with E-state index in [2.05, 4.69) is 31.9 Å². The molecule has 0 spiro atoms. The maximum atomic E-state index is 11.2. The lowest BCUT2D eigenvalue weighted by atomic mass is 9.95. The molecule has 4 heteroatoms. The van der Waals surface area contributed by atoms with Gasteiger partial charge in [-0.1, -0.05) is 62.2 Å². The molecule has 0 bridgehead atoms. The van der Waals surface area contributed by atoms with Crippen molar-refractivity contribution in [1.82, 2.24) is 0 Å². The molecule has 2 nitrogen and oxygen atoms in total. The minimum Gasteiger partial charge on any atom is -0.289 e. The maximum absolute atomic E-state index is 11.2. The zero-order valence-electron chi connectivity index (χ0n) is 10.3. The molecule has 0 radical (unpaired) electrons. The largest absolute Gasteiger partial charge is 0.289 e. The molecule has 0 heterocycles. The van der Waals surface area contributed by atoms with E-state index < -0.39 is 0 Å². The first-order chi connectivity index (χ1) is 9.58. The fourth-order valence-electron chi connectivity index (χ4n) is 1.70. The van der Waals surface area contributed by atoms with Crippen LogP contribution in [0.3, 0.4) is 0 Å². The van der Waals surface area contributed by atoms with Gasteiger partial charge in [0.05, 0.1) is 0 Å². The molecule has 0 atom stereocenters. The van der Waals surface area contributed by atoms with Gasteiger partial charge >= 0.3 is 0 Å². The monoisotopic (exact) mass is 392 g/mol. The molecule has 3 rings (SSSR count). The van der Waals surface area contributed by atoms with Crippen LogP contribution >= 0.6 is 31.9 Å². The van der Waals surface area contributed by atoms with Crippen LogP contribution in [0.25, 0.3) is 0 Å². The molecule has 1 aliphatic carbocycles. The zero-order valence-corrected chi connectivity index (χ0v) is 13.5. The summed E-state index contributed by atoms with van der Waals surface area (Å²) in [6, 6.07) is 14.8. The summed E-state index contributed by atoms with van der Waals surface area (Å²) in [7, 11) is 0. The van der Waals surface area contributed by atoms with E-state index in [0.717, 1.165) is 8.95 Å². The first kappa shape index (κ1) is 14.9. The molecule has 2 aromatic rings. The van der Waals surface area contributed by atoms with Crippen LogP contribution < -0.4 is 0 Å². The van der Waals surface area contributed by atoms with Crippen LogP contribution in [0, 0.1) is 0 Å². The summed E-state index contributed by atoms with van der Waals surface area (Å²) >= 11 is 6.66. The fraction of sp³-hybridized carbons (Fsp3) is 0. The molecule has 0 fully saturated rings. The van der Waals surface area contributed by atoms with Crippen LogP contribution in [0.2, 0.25) is 0 Å². The van der Waals surface area contributed by atoms with Crippen LogP contribution in [-0.4, -0.2) is 11.6 Å². The summed E-state index contributed by atoms with van der Waals surface area (Å²) in [5.41, 5.74) is 1.01. The van der Waals surface area contributed by atoms with Crippen LogP contribution in [0.15, 0.2) is 69.6 Å². The molecule has 0 N–H and O–H groups in total. The van der Waals surface area contributed by atoms with Crippen molar-refractivity contribution in [3.8, 4) is 0 Å². The maximum Gasteiger partial charge on any atom is 0.186 e. The predicted octanol–water partition coefficient (Wildman–Crippen LogP) is 4.83. The Bertz CT molecular complexity index is 636. The SMILES string of the molecule is Brc1cccc(Br)c1.O=C1C=CC(=O)c2ccccc21. The standard InChI is InChI=1S/C10H6O2.C6H4Br2/c11-9-5-6-10(12)8-4-2-1-3-7(8)9;7-5-2-1-3-6(8)4-5/h1-6H;1-4H. The smallest absolute Gasteiger partial charge is 0.186 e. The number of benzene rings is 2. The van der Waals surface area contributed by atoms with Gasteiger partial charge in [0.25, 0.3) is 0 Å². The van der Waals surface area contributed by atoms with Gasteiger partial charge in [0.15, 0.2) is 11.6 Å². The average molecular weight is 394 g/mol. The number of rotatable bonds is 0. The van der Waals surface area contributed by atoms with E-state index in [0.29, 0.717) is 11.1 Å². The molecule has 0 saturated carbocycles. The van der Waals surface area contributed by atoms with Gasteiger partial charge in [0.1, 0.15) is 0 Å². The highest BCUT2D eigenvalue weighted by Crippen LogP contribution is 2.16. The molecule has 0 aromatic heterocycles. The van der Waals surface area contributed by atoms with Gasteiger partial charge in [-0.25, -0.2) is 0 Å².